The molecule has 0 fully saturated rings. The summed E-state index contributed by atoms with van der Waals surface area (Å²) in [6.07, 6.45) is 1.86. The molecule has 0 aliphatic carbocycles. The average Bonchev–Trinajstić information content (AvgIpc) is 3.10. The van der Waals surface area contributed by atoms with E-state index in [0.717, 1.165) is 22.3 Å². The lowest BCUT2D eigenvalue weighted by Gasteiger charge is -2.48. The van der Waals surface area contributed by atoms with Gasteiger partial charge in [-0.05, 0) is 96.9 Å². The second-order valence-electron chi connectivity index (χ2n) is 12.1. The summed E-state index contributed by atoms with van der Waals surface area (Å²) < 4.78 is 39.4. The van der Waals surface area contributed by atoms with E-state index in [1.807, 2.05) is 120 Å². The topological polar surface area (TPSA) is 34.5 Å². The van der Waals surface area contributed by atoms with Gasteiger partial charge in [0.2, 0.25) is 0 Å². The van der Waals surface area contributed by atoms with Crippen LogP contribution in [0.3, 0.4) is 0 Å². The molecule has 0 atom stereocenters. The first kappa shape index (κ1) is 27.3. The van der Waals surface area contributed by atoms with E-state index in [4.69, 9.17) is 4.74 Å². The number of anilines is 3. The van der Waals surface area contributed by atoms with Crippen LogP contribution in [0.15, 0.2) is 144 Å². The molecule has 226 valence electrons. The van der Waals surface area contributed by atoms with Crippen LogP contribution in [0, 0.1) is 18.6 Å². The highest BCUT2D eigenvalue weighted by molar-refractivity contribution is 5.94. The molecule has 2 aliphatic rings. The molecule has 7 aromatic rings. The highest BCUT2D eigenvalue weighted by atomic mass is 19.1. The number of aromatic nitrogens is 1. The second kappa shape index (κ2) is 9.99. The van der Waals surface area contributed by atoms with Crippen molar-refractivity contribution in [1.82, 2.24) is 4.57 Å². The van der Waals surface area contributed by atoms with Gasteiger partial charge >= 0.3 is 0 Å². The summed E-state index contributed by atoms with van der Waals surface area (Å²) in [7, 11) is 0. The Labute approximate surface area is 269 Å². The molecule has 0 saturated heterocycles. The van der Waals surface area contributed by atoms with Crippen LogP contribution in [0.4, 0.5) is 25.8 Å². The number of rotatable bonds is 2. The Bertz CT molecular complexity index is 2370. The summed E-state index contributed by atoms with van der Waals surface area (Å²) in [4.78, 5) is 15.7. The van der Waals surface area contributed by atoms with Gasteiger partial charge in [0.05, 0.1) is 22.3 Å². The molecular formula is C41H26F2N2O2. The lowest BCUT2D eigenvalue weighted by Crippen LogP contribution is -2.40. The van der Waals surface area contributed by atoms with E-state index in [9.17, 15) is 4.79 Å². The van der Waals surface area contributed by atoms with Gasteiger partial charge in [-0.25, -0.2) is 8.78 Å². The molecule has 0 bridgehead atoms. The number of ether oxygens (including phenoxy) is 1. The average molecular weight is 617 g/mol. The molecule has 0 radical (unpaired) electrons. The zero-order chi connectivity index (χ0) is 31.9. The zero-order valence-corrected chi connectivity index (χ0v) is 25.2. The first-order valence-electron chi connectivity index (χ1n) is 15.4. The molecule has 0 N–H and O–H groups in total. The van der Waals surface area contributed by atoms with Crippen molar-refractivity contribution < 1.29 is 13.5 Å². The highest BCUT2D eigenvalue weighted by Crippen LogP contribution is 2.62. The Balaban J connectivity index is 1.38. The molecule has 0 saturated carbocycles. The van der Waals surface area contributed by atoms with Crippen LogP contribution in [0.1, 0.15) is 27.8 Å². The van der Waals surface area contributed by atoms with Crippen LogP contribution in [-0.4, -0.2) is 4.57 Å². The number of aryl methyl sites for hydroxylation is 1. The van der Waals surface area contributed by atoms with Gasteiger partial charge in [0.15, 0.2) is 5.43 Å². The van der Waals surface area contributed by atoms with Gasteiger partial charge in [0.1, 0.15) is 23.1 Å². The van der Waals surface area contributed by atoms with Crippen LogP contribution >= 0.6 is 0 Å². The van der Waals surface area contributed by atoms with Gasteiger partial charge in [0.25, 0.3) is 0 Å². The Morgan fingerprint density at radius 2 is 1.17 bits per heavy atom. The molecule has 6 heteroatoms. The molecule has 6 aromatic carbocycles. The molecule has 0 unspecified atom stereocenters. The number of para-hydroxylation sites is 3. The third-order valence-corrected chi connectivity index (χ3v) is 9.47. The molecule has 0 amide bonds. The Hall–Kier alpha value is -6.01. The predicted octanol–water partition coefficient (Wildman–Crippen LogP) is 9.85. The largest absolute Gasteiger partial charge is 0.457 e. The van der Waals surface area contributed by atoms with E-state index in [1.165, 1.54) is 12.1 Å². The highest BCUT2D eigenvalue weighted by Gasteiger charge is 2.51. The summed E-state index contributed by atoms with van der Waals surface area (Å²) in [5, 5.41) is 0.542. The number of pyridine rings is 1. The summed E-state index contributed by atoms with van der Waals surface area (Å²) in [6.45, 7) is 1.81. The van der Waals surface area contributed by atoms with Gasteiger partial charge in [-0.2, -0.15) is 0 Å². The van der Waals surface area contributed by atoms with Gasteiger partial charge in [-0.1, -0.05) is 54.6 Å². The molecule has 1 spiro atoms. The Kier molecular flexibility index (Phi) is 5.81. The zero-order valence-electron chi connectivity index (χ0n) is 25.2. The maximum absolute atomic E-state index is 15.5. The van der Waals surface area contributed by atoms with E-state index >= 15 is 8.78 Å². The first-order valence-corrected chi connectivity index (χ1v) is 15.4. The molecule has 3 heterocycles. The lowest BCUT2D eigenvalue weighted by molar-refractivity contribution is 0.433. The van der Waals surface area contributed by atoms with Gasteiger partial charge < -0.3 is 14.2 Å². The number of benzene rings is 6. The van der Waals surface area contributed by atoms with E-state index < -0.39 is 17.0 Å². The van der Waals surface area contributed by atoms with E-state index in [-0.39, 0.29) is 5.43 Å². The summed E-state index contributed by atoms with van der Waals surface area (Å²) in [5.74, 6) is 0.411. The second-order valence-corrected chi connectivity index (χ2v) is 12.1. The van der Waals surface area contributed by atoms with Crippen molar-refractivity contribution in [2.45, 2.75) is 12.3 Å². The Morgan fingerprint density at radius 3 is 1.79 bits per heavy atom. The quantitative estimate of drug-likeness (QED) is 0.194. The third kappa shape index (κ3) is 3.82. The smallest absolute Gasteiger partial charge is 0.192 e. The summed E-state index contributed by atoms with van der Waals surface area (Å²) in [5.41, 5.74) is 6.13. The van der Waals surface area contributed by atoms with Crippen molar-refractivity contribution in [2.24, 2.45) is 0 Å². The molecule has 1 aromatic heterocycles. The number of halogens is 2. The fourth-order valence-corrected chi connectivity index (χ4v) is 7.53. The fraction of sp³-hybridized carbons (Fsp3) is 0.0488. The van der Waals surface area contributed by atoms with Crippen molar-refractivity contribution in [3.8, 4) is 17.2 Å². The molecule has 4 nitrogen and oxygen atoms in total. The number of hydrogen-bond acceptors (Lipinski definition) is 3. The minimum absolute atomic E-state index is 0.0755. The van der Waals surface area contributed by atoms with Crippen LogP contribution in [0.5, 0.6) is 11.5 Å². The maximum atomic E-state index is 15.5. The van der Waals surface area contributed by atoms with Crippen LogP contribution < -0.4 is 15.1 Å². The minimum Gasteiger partial charge on any atom is -0.457 e. The van der Waals surface area contributed by atoms with Crippen LogP contribution in [-0.2, 0) is 5.41 Å². The molecular weight excluding hydrogens is 590 g/mol. The van der Waals surface area contributed by atoms with Gasteiger partial charge in [-0.3, -0.25) is 4.79 Å². The van der Waals surface area contributed by atoms with Crippen molar-refractivity contribution in [2.75, 3.05) is 4.90 Å². The SMILES string of the molecule is Cc1cn(-c2ccccc2)c2ccc(N3c4ccc(F)cc4C4(c5ccccc5Oc5ccccc54)c4cc(F)ccc43)cc2c1=O. The normalized spacial score (nSPS) is 13.8. The monoisotopic (exact) mass is 616 g/mol. The van der Waals surface area contributed by atoms with E-state index in [2.05, 4.69) is 0 Å². The minimum atomic E-state index is -1.09. The predicted molar refractivity (Wildman–Crippen MR) is 181 cm³/mol. The Morgan fingerprint density at radius 1 is 0.596 bits per heavy atom. The first-order chi connectivity index (χ1) is 22.9. The lowest BCUT2D eigenvalue weighted by atomic mass is 9.61. The van der Waals surface area contributed by atoms with Crippen molar-refractivity contribution in [1.29, 1.82) is 0 Å². The van der Waals surface area contributed by atoms with Crippen molar-refractivity contribution in [3.05, 3.63) is 189 Å². The standard InChI is InChI=1S/C41H26F2N2O2/c1-25-24-44(28-9-3-2-4-10-28)35-20-17-29(23-30(35)40(25)46)45-36-18-15-26(42)21-33(36)41(34-22-27(43)16-19-37(34)45)31-11-5-7-13-38(31)47-39-14-8-6-12-32(39)41/h2-24H,1H3. The van der Waals surface area contributed by atoms with E-state index in [1.54, 1.807) is 24.3 Å². The molecule has 2 aliphatic heterocycles. The van der Waals surface area contributed by atoms with Crippen LogP contribution in [0.2, 0.25) is 0 Å². The van der Waals surface area contributed by atoms with Crippen LogP contribution in [0.25, 0.3) is 16.6 Å². The third-order valence-electron chi connectivity index (χ3n) is 9.47. The number of nitrogens with zero attached hydrogens (tertiary/aromatic N) is 2. The number of hydrogen-bond donors (Lipinski definition) is 0. The summed E-state index contributed by atoms with van der Waals surface area (Å²) in [6, 6.07) is 40.5. The fourth-order valence-electron chi connectivity index (χ4n) is 7.53. The summed E-state index contributed by atoms with van der Waals surface area (Å²) >= 11 is 0. The van der Waals surface area contributed by atoms with Crippen molar-refractivity contribution >= 4 is 28.0 Å². The maximum Gasteiger partial charge on any atom is 0.192 e. The van der Waals surface area contributed by atoms with Crippen molar-refractivity contribution in [3.63, 3.8) is 0 Å². The van der Waals surface area contributed by atoms with Gasteiger partial charge in [-0.15, -0.1) is 0 Å². The molecule has 47 heavy (non-hydrogen) atoms. The number of fused-ring (bicyclic) bond motifs is 9. The molecule has 9 rings (SSSR count). The van der Waals surface area contributed by atoms with Gasteiger partial charge in [0, 0.05) is 39.6 Å². The van der Waals surface area contributed by atoms with E-state index in [0.29, 0.717) is 50.6 Å².